The van der Waals surface area contributed by atoms with Crippen LogP contribution < -0.4 is 16.0 Å². The molecule has 106 valence electrons. The van der Waals surface area contributed by atoms with Crippen molar-refractivity contribution in [2.24, 2.45) is 5.73 Å². The Bertz CT molecular complexity index is 573. The Morgan fingerprint density at radius 2 is 2.20 bits per heavy atom. The first-order valence-corrected chi connectivity index (χ1v) is 6.07. The smallest absolute Gasteiger partial charge is 0.271 e. The highest BCUT2D eigenvalue weighted by Gasteiger charge is 2.26. The second-order valence-corrected chi connectivity index (χ2v) is 4.35. The van der Waals surface area contributed by atoms with E-state index < -0.39 is 10.8 Å². The molecule has 8 heteroatoms. The third-order valence-electron chi connectivity index (χ3n) is 3.10. The van der Waals surface area contributed by atoms with Crippen LogP contribution in [0.4, 0.5) is 11.4 Å². The van der Waals surface area contributed by atoms with Gasteiger partial charge in [-0.15, -0.1) is 0 Å². The number of nitrogens with two attached hydrogens (primary N) is 1. The number of nitro benzene ring substituents is 1. The lowest BCUT2D eigenvalue weighted by molar-refractivity contribution is -0.384. The summed E-state index contributed by atoms with van der Waals surface area (Å²) >= 11 is 0. The SMILES string of the molecule is NCC(=O)NCC(=O)N1CCc2ccc([N+](=O)[O-])cc21. The fraction of sp³-hybridized carbons (Fsp3) is 0.333. The van der Waals surface area contributed by atoms with Gasteiger partial charge >= 0.3 is 0 Å². The Kier molecular flexibility index (Phi) is 3.94. The average molecular weight is 278 g/mol. The van der Waals surface area contributed by atoms with Gasteiger partial charge in [-0.1, -0.05) is 6.07 Å². The van der Waals surface area contributed by atoms with Crippen molar-refractivity contribution in [1.82, 2.24) is 5.32 Å². The van der Waals surface area contributed by atoms with Gasteiger partial charge in [0.2, 0.25) is 11.8 Å². The maximum Gasteiger partial charge on any atom is 0.271 e. The summed E-state index contributed by atoms with van der Waals surface area (Å²) in [6.45, 7) is 0.0985. The van der Waals surface area contributed by atoms with E-state index in [1.54, 1.807) is 6.07 Å². The first-order chi connectivity index (χ1) is 9.52. The highest BCUT2D eigenvalue weighted by Crippen LogP contribution is 2.31. The molecule has 1 aliphatic rings. The highest BCUT2D eigenvalue weighted by molar-refractivity contribution is 5.98. The zero-order valence-electron chi connectivity index (χ0n) is 10.7. The molecule has 1 aliphatic heterocycles. The van der Waals surface area contributed by atoms with Gasteiger partial charge in [0.05, 0.1) is 23.7 Å². The summed E-state index contributed by atoms with van der Waals surface area (Å²) in [7, 11) is 0. The lowest BCUT2D eigenvalue weighted by Gasteiger charge is -2.17. The van der Waals surface area contributed by atoms with Crippen LogP contribution in [-0.4, -0.2) is 36.4 Å². The lowest BCUT2D eigenvalue weighted by atomic mass is 10.1. The summed E-state index contributed by atoms with van der Waals surface area (Å²) in [5.74, 6) is -0.733. The normalized spacial score (nSPS) is 12.9. The molecule has 20 heavy (non-hydrogen) atoms. The molecule has 2 rings (SSSR count). The maximum atomic E-state index is 12.0. The monoisotopic (exact) mass is 278 g/mol. The summed E-state index contributed by atoms with van der Waals surface area (Å²) in [4.78, 5) is 34.7. The van der Waals surface area contributed by atoms with Crippen molar-refractivity contribution in [3.63, 3.8) is 0 Å². The largest absolute Gasteiger partial charge is 0.346 e. The molecular formula is C12H14N4O4. The first-order valence-electron chi connectivity index (χ1n) is 6.07. The maximum absolute atomic E-state index is 12.0. The molecule has 0 aromatic heterocycles. The number of non-ortho nitro benzene ring substituents is 1. The quantitative estimate of drug-likeness (QED) is 0.571. The number of rotatable bonds is 4. The van der Waals surface area contributed by atoms with Crippen LogP contribution in [-0.2, 0) is 16.0 Å². The van der Waals surface area contributed by atoms with Gasteiger partial charge in [-0.2, -0.15) is 0 Å². The van der Waals surface area contributed by atoms with Crippen molar-refractivity contribution in [2.75, 3.05) is 24.5 Å². The van der Waals surface area contributed by atoms with Gasteiger partial charge < -0.3 is 16.0 Å². The van der Waals surface area contributed by atoms with Gasteiger partial charge in [-0.3, -0.25) is 19.7 Å². The Balaban J connectivity index is 2.14. The molecule has 1 aromatic carbocycles. The highest BCUT2D eigenvalue weighted by atomic mass is 16.6. The summed E-state index contributed by atoms with van der Waals surface area (Å²) in [6, 6.07) is 4.45. The molecule has 0 aliphatic carbocycles. The number of carbonyl (C=O) groups is 2. The van der Waals surface area contributed by atoms with Crippen LogP contribution in [0.2, 0.25) is 0 Å². The Labute approximate surface area is 114 Å². The summed E-state index contributed by atoms with van der Waals surface area (Å²) in [5.41, 5.74) is 6.49. The molecule has 0 saturated carbocycles. The Morgan fingerprint density at radius 3 is 2.85 bits per heavy atom. The number of nitrogens with one attached hydrogen (secondary N) is 1. The average Bonchev–Trinajstić information content (AvgIpc) is 2.87. The topological polar surface area (TPSA) is 119 Å². The van der Waals surface area contributed by atoms with Crippen molar-refractivity contribution < 1.29 is 14.5 Å². The fourth-order valence-electron chi connectivity index (χ4n) is 2.08. The van der Waals surface area contributed by atoms with Crippen LogP contribution in [0, 0.1) is 10.1 Å². The number of anilines is 1. The molecule has 8 nitrogen and oxygen atoms in total. The Morgan fingerprint density at radius 1 is 1.45 bits per heavy atom. The van der Waals surface area contributed by atoms with Crippen molar-refractivity contribution in [3.05, 3.63) is 33.9 Å². The zero-order valence-corrected chi connectivity index (χ0v) is 10.7. The van der Waals surface area contributed by atoms with Crippen LogP contribution in [0.15, 0.2) is 18.2 Å². The zero-order chi connectivity index (χ0) is 14.7. The molecule has 0 atom stereocenters. The van der Waals surface area contributed by atoms with Gasteiger partial charge in [0.1, 0.15) is 0 Å². The van der Waals surface area contributed by atoms with Crippen molar-refractivity contribution >= 4 is 23.2 Å². The molecular weight excluding hydrogens is 264 g/mol. The third-order valence-corrected chi connectivity index (χ3v) is 3.10. The van der Waals surface area contributed by atoms with Gasteiger partial charge in [0.25, 0.3) is 5.69 Å². The van der Waals surface area contributed by atoms with Crippen molar-refractivity contribution in [3.8, 4) is 0 Å². The molecule has 1 heterocycles. The lowest BCUT2D eigenvalue weighted by Crippen LogP contribution is -2.41. The van der Waals surface area contributed by atoms with Crippen LogP contribution in [0.3, 0.4) is 0 Å². The standard InChI is InChI=1S/C12H14N4O4/c13-6-11(17)14-7-12(18)15-4-3-8-1-2-9(16(19)20)5-10(8)15/h1-2,5H,3-4,6-7,13H2,(H,14,17). The summed E-state index contributed by atoms with van der Waals surface area (Å²) in [5, 5.41) is 13.2. The molecule has 0 unspecified atom stereocenters. The molecule has 1 aromatic rings. The predicted octanol–water partition coefficient (Wildman–Crippen LogP) is -0.441. The number of hydrogen-bond acceptors (Lipinski definition) is 5. The first kappa shape index (κ1) is 13.9. The number of amides is 2. The molecule has 0 spiro atoms. The molecule has 0 fully saturated rings. The second-order valence-electron chi connectivity index (χ2n) is 4.35. The number of nitro groups is 1. The predicted molar refractivity (Wildman–Crippen MR) is 71.2 cm³/mol. The van der Waals surface area contributed by atoms with Gasteiger partial charge in [0, 0.05) is 18.7 Å². The van der Waals surface area contributed by atoms with E-state index in [-0.39, 0.29) is 24.7 Å². The van der Waals surface area contributed by atoms with E-state index in [4.69, 9.17) is 5.73 Å². The summed E-state index contributed by atoms with van der Waals surface area (Å²) in [6.07, 6.45) is 0.643. The third kappa shape index (κ3) is 2.75. The van der Waals surface area contributed by atoms with Gasteiger partial charge in [-0.25, -0.2) is 0 Å². The molecule has 3 N–H and O–H groups in total. The van der Waals surface area contributed by atoms with E-state index in [2.05, 4.69) is 5.32 Å². The number of fused-ring (bicyclic) bond motifs is 1. The number of hydrogen-bond donors (Lipinski definition) is 2. The van der Waals surface area contributed by atoms with E-state index in [0.717, 1.165) is 5.56 Å². The van der Waals surface area contributed by atoms with Crippen LogP contribution in [0.5, 0.6) is 0 Å². The van der Waals surface area contributed by atoms with Gasteiger partial charge in [-0.05, 0) is 12.0 Å². The minimum atomic E-state index is -0.503. The van der Waals surface area contributed by atoms with E-state index in [0.29, 0.717) is 18.7 Å². The Hall–Kier alpha value is -2.48. The molecule has 0 bridgehead atoms. The number of benzene rings is 1. The molecule has 0 radical (unpaired) electrons. The fourth-order valence-corrected chi connectivity index (χ4v) is 2.08. The van der Waals surface area contributed by atoms with E-state index in [1.165, 1.54) is 17.0 Å². The van der Waals surface area contributed by atoms with E-state index >= 15 is 0 Å². The number of nitrogens with zero attached hydrogens (tertiary/aromatic N) is 2. The minimum absolute atomic E-state index is 0.0607. The molecule has 0 saturated heterocycles. The minimum Gasteiger partial charge on any atom is -0.346 e. The van der Waals surface area contributed by atoms with E-state index in [9.17, 15) is 19.7 Å². The second kappa shape index (κ2) is 5.66. The van der Waals surface area contributed by atoms with Crippen molar-refractivity contribution in [1.29, 1.82) is 0 Å². The molecule has 2 amide bonds. The van der Waals surface area contributed by atoms with Crippen molar-refractivity contribution in [2.45, 2.75) is 6.42 Å². The number of carbonyl (C=O) groups excluding carboxylic acids is 2. The van der Waals surface area contributed by atoms with Crippen LogP contribution in [0.25, 0.3) is 0 Å². The van der Waals surface area contributed by atoms with Crippen LogP contribution in [0.1, 0.15) is 5.56 Å². The van der Waals surface area contributed by atoms with Gasteiger partial charge in [0.15, 0.2) is 0 Å². The van der Waals surface area contributed by atoms with E-state index in [1.807, 2.05) is 0 Å². The van der Waals surface area contributed by atoms with Crippen LogP contribution >= 0.6 is 0 Å². The summed E-state index contributed by atoms with van der Waals surface area (Å²) < 4.78 is 0.